The molecule has 1 aromatic rings. The molecule has 0 amide bonds. The summed E-state index contributed by atoms with van der Waals surface area (Å²) in [6.45, 7) is 1.28. The van der Waals surface area contributed by atoms with Gasteiger partial charge in [0, 0.05) is 10.9 Å². The SMILES string of the molecule is Ic1cc2c(s1)CCCC2NCC(C1CC1)C1CC1. The first kappa shape index (κ1) is 13.1. The second-order valence-corrected chi connectivity index (χ2v) is 9.65. The zero-order valence-electron chi connectivity index (χ0n) is 11.3. The summed E-state index contributed by atoms with van der Waals surface area (Å²) in [7, 11) is 0. The van der Waals surface area contributed by atoms with Crippen molar-refractivity contribution in [3.8, 4) is 0 Å². The molecule has 0 saturated heterocycles. The first-order valence-electron chi connectivity index (χ1n) is 7.83. The van der Waals surface area contributed by atoms with Gasteiger partial charge in [0.25, 0.3) is 0 Å². The highest BCUT2D eigenvalue weighted by atomic mass is 127. The quantitative estimate of drug-likeness (QED) is 0.719. The Morgan fingerprint density at radius 3 is 2.63 bits per heavy atom. The van der Waals surface area contributed by atoms with Crippen molar-refractivity contribution in [2.24, 2.45) is 17.8 Å². The van der Waals surface area contributed by atoms with E-state index < -0.39 is 0 Å². The first-order valence-corrected chi connectivity index (χ1v) is 9.72. The number of hydrogen-bond donors (Lipinski definition) is 1. The van der Waals surface area contributed by atoms with Crippen LogP contribution in [0.15, 0.2) is 6.07 Å². The van der Waals surface area contributed by atoms with Crippen LogP contribution in [0.3, 0.4) is 0 Å². The average molecular weight is 387 g/mol. The van der Waals surface area contributed by atoms with E-state index in [2.05, 4.69) is 34.0 Å². The molecule has 0 bridgehead atoms. The molecule has 1 nitrogen and oxygen atoms in total. The molecule has 1 aromatic heterocycles. The third-order valence-corrected chi connectivity index (χ3v) is 7.11. The Morgan fingerprint density at radius 2 is 1.95 bits per heavy atom. The highest BCUT2D eigenvalue weighted by Gasteiger charge is 2.41. The molecule has 0 radical (unpaired) electrons. The number of rotatable bonds is 5. The summed E-state index contributed by atoms with van der Waals surface area (Å²) in [4.78, 5) is 1.66. The van der Waals surface area contributed by atoms with Crippen molar-refractivity contribution in [1.29, 1.82) is 0 Å². The summed E-state index contributed by atoms with van der Waals surface area (Å²) < 4.78 is 1.47. The Kier molecular flexibility index (Phi) is 3.65. The van der Waals surface area contributed by atoms with E-state index in [4.69, 9.17) is 0 Å². The van der Waals surface area contributed by atoms with Gasteiger partial charge < -0.3 is 5.32 Å². The van der Waals surface area contributed by atoms with Crippen LogP contribution in [0.2, 0.25) is 0 Å². The van der Waals surface area contributed by atoms with Gasteiger partial charge in [0.2, 0.25) is 0 Å². The maximum Gasteiger partial charge on any atom is 0.0659 e. The molecule has 0 spiro atoms. The molecule has 3 aliphatic carbocycles. The van der Waals surface area contributed by atoms with Crippen molar-refractivity contribution in [2.75, 3.05) is 6.54 Å². The van der Waals surface area contributed by atoms with Crippen molar-refractivity contribution in [1.82, 2.24) is 5.32 Å². The molecule has 1 atom stereocenters. The van der Waals surface area contributed by atoms with Crippen LogP contribution in [0.1, 0.15) is 55.0 Å². The zero-order chi connectivity index (χ0) is 12.8. The highest BCUT2D eigenvalue weighted by Crippen LogP contribution is 2.49. The summed E-state index contributed by atoms with van der Waals surface area (Å²) in [5, 5.41) is 3.94. The number of fused-ring (bicyclic) bond motifs is 1. The minimum atomic E-state index is 0.656. The van der Waals surface area contributed by atoms with E-state index in [9.17, 15) is 0 Å². The van der Waals surface area contributed by atoms with E-state index in [0.717, 1.165) is 17.8 Å². The van der Waals surface area contributed by atoms with Gasteiger partial charge in [-0.15, -0.1) is 11.3 Å². The Balaban J connectivity index is 1.42. The van der Waals surface area contributed by atoms with Crippen molar-refractivity contribution in [3.05, 3.63) is 19.4 Å². The fourth-order valence-corrected chi connectivity index (χ4v) is 5.90. The molecule has 0 aliphatic heterocycles. The molecule has 0 aromatic carbocycles. The lowest BCUT2D eigenvalue weighted by Gasteiger charge is -2.26. The number of thiophene rings is 1. The summed E-state index contributed by atoms with van der Waals surface area (Å²) in [5.74, 6) is 3.15. The molecular weight excluding hydrogens is 365 g/mol. The van der Waals surface area contributed by atoms with Crippen molar-refractivity contribution >= 4 is 33.9 Å². The van der Waals surface area contributed by atoms with Gasteiger partial charge in [-0.05, 0) is 103 Å². The fourth-order valence-electron chi connectivity index (χ4n) is 3.78. The number of halogens is 1. The van der Waals surface area contributed by atoms with Gasteiger partial charge in [0.1, 0.15) is 0 Å². The largest absolute Gasteiger partial charge is 0.310 e. The van der Waals surface area contributed by atoms with Gasteiger partial charge in [-0.25, -0.2) is 0 Å². The molecule has 2 fully saturated rings. The molecule has 4 rings (SSSR count). The monoisotopic (exact) mass is 387 g/mol. The predicted molar refractivity (Wildman–Crippen MR) is 89.7 cm³/mol. The second kappa shape index (κ2) is 5.30. The van der Waals surface area contributed by atoms with E-state index in [-0.39, 0.29) is 0 Å². The van der Waals surface area contributed by atoms with Crippen LogP contribution in [0, 0.1) is 20.6 Å². The van der Waals surface area contributed by atoms with Crippen LogP contribution in [-0.4, -0.2) is 6.54 Å². The van der Waals surface area contributed by atoms with E-state index in [0.29, 0.717) is 6.04 Å². The maximum absolute atomic E-state index is 3.94. The van der Waals surface area contributed by atoms with Crippen LogP contribution in [0.25, 0.3) is 0 Å². The highest BCUT2D eigenvalue weighted by molar-refractivity contribution is 14.1. The van der Waals surface area contributed by atoms with Crippen LogP contribution in [0.4, 0.5) is 0 Å². The zero-order valence-corrected chi connectivity index (χ0v) is 14.3. The molecule has 1 heterocycles. The van der Waals surface area contributed by atoms with E-state index in [1.807, 2.05) is 11.3 Å². The lowest BCUT2D eigenvalue weighted by Crippen LogP contribution is -2.31. The molecule has 3 aliphatic rings. The van der Waals surface area contributed by atoms with Gasteiger partial charge in [-0.3, -0.25) is 0 Å². The summed E-state index contributed by atoms with van der Waals surface area (Å²) in [5.41, 5.74) is 1.63. The Morgan fingerprint density at radius 1 is 1.21 bits per heavy atom. The van der Waals surface area contributed by atoms with Crippen LogP contribution in [0.5, 0.6) is 0 Å². The van der Waals surface area contributed by atoms with Crippen LogP contribution >= 0.6 is 33.9 Å². The third-order valence-electron chi connectivity index (χ3n) is 5.14. The van der Waals surface area contributed by atoms with E-state index in [1.165, 1.54) is 54.4 Å². The molecular formula is C16H22INS. The van der Waals surface area contributed by atoms with E-state index in [1.54, 1.807) is 10.4 Å². The van der Waals surface area contributed by atoms with Crippen molar-refractivity contribution in [3.63, 3.8) is 0 Å². The molecule has 19 heavy (non-hydrogen) atoms. The van der Waals surface area contributed by atoms with Crippen molar-refractivity contribution < 1.29 is 0 Å². The molecule has 1 unspecified atom stereocenters. The predicted octanol–water partition coefficient (Wildman–Crippen LogP) is 4.76. The number of nitrogens with one attached hydrogen (secondary N) is 1. The lowest BCUT2D eigenvalue weighted by atomic mass is 9.92. The van der Waals surface area contributed by atoms with E-state index >= 15 is 0 Å². The molecule has 104 valence electrons. The maximum atomic E-state index is 3.94. The smallest absolute Gasteiger partial charge is 0.0659 e. The molecule has 3 heteroatoms. The molecule has 1 N–H and O–H groups in total. The van der Waals surface area contributed by atoms with Gasteiger partial charge in [-0.2, -0.15) is 0 Å². The topological polar surface area (TPSA) is 12.0 Å². The third kappa shape index (κ3) is 2.88. The van der Waals surface area contributed by atoms with Gasteiger partial charge in [-0.1, -0.05) is 0 Å². The standard InChI is InChI=1S/C16H22INS/c17-16-8-12-14(2-1-3-15(12)19-16)18-9-13(10-4-5-10)11-6-7-11/h8,10-11,13-14,18H,1-7,9H2. The van der Waals surface area contributed by atoms with Crippen molar-refractivity contribution in [2.45, 2.75) is 51.0 Å². The summed E-state index contributed by atoms with van der Waals surface area (Å²) in [6.07, 6.45) is 10.1. The number of aryl methyl sites for hydroxylation is 1. The summed E-state index contributed by atoms with van der Waals surface area (Å²) >= 11 is 4.50. The van der Waals surface area contributed by atoms with Gasteiger partial charge in [0.05, 0.1) is 2.88 Å². The normalized spacial score (nSPS) is 26.7. The average Bonchev–Trinajstić information content (AvgIpc) is 3.28. The number of hydrogen-bond acceptors (Lipinski definition) is 2. The lowest BCUT2D eigenvalue weighted by molar-refractivity contribution is 0.343. The van der Waals surface area contributed by atoms with Gasteiger partial charge >= 0.3 is 0 Å². The minimum absolute atomic E-state index is 0.656. The van der Waals surface area contributed by atoms with Gasteiger partial charge in [0.15, 0.2) is 0 Å². The minimum Gasteiger partial charge on any atom is -0.310 e. The Labute approximate surface area is 133 Å². The summed E-state index contributed by atoms with van der Waals surface area (Å²) in [6, 6.07) is 3.09. The first-order chi connectivity index (χ1) is 9.31. The Bertz CT molecular complexity index is 449. The second-order valence-electron chi connectivity index (χ2n) is 6.62. The van der Waals surface area contributed by atoms with Crippen LogP contribution < -0.4 is 5.32 Å². The fraction of sp³-hybridized carbons (Fsp3) is 0.750. The molecule has 2 saturated carbocycles. The Hall–Kier alpha value is 0.390. The van der Waals surface area contributed by atoms with Crippen LogP contribution in [-0.2, 0) is 6.42 Å².